The van der Waals surface area contributed by atoms with E-state index in [1.165, 1.54) is 0 Å². The first-order valence-electron chi connectivity index (χ1n) is 4.87. The van der Waals surface area contributed by atoms with Crippen LogP contribution in [0.2, 0.25) is 0 Å². The molecule has 116 valence electrons. The average Bonchev–Trinajstić information content (AvgIpc) is 1.82. The summed E-state index contributed by atoms with van der Waals surface area (Å²) in [6, 6.07) is 0. The van der Waals surface area contributed by atoms with Crippen LogP contribution >= 0.6 is 0 Å². The minimum atomic E-state index is -0.755. The van der Waals surface area contributed by atoms with Crippen molar-refractivity contribution < 1.29 is 29.0 Å². The van der Waals surface area contributed by atoms with Crippen LogP contribution in [0.15, 0.2) is 0 Å². The van der Waals surface area contributed by atoms with E-state index in [4.69, 9.17) is 0 Å². The zero-order valence-corrected chi connectivity index (χ0v) is 17.2. The predicted molar refractivity (Wildman–Crippen MR) is 62.6 cm³/mol. The molecule has 0 aliphatic carbocycles. The van der Waals surface area contributed by atoms with Crippen molar-refractivity contribution in [3.63, 3.8) is 0 Å². The second-order valence-electron chi connectivity index (χ2n) is 5.95. The molecule has 2 atom stereocenters. The van der Waals surface area contributed by atoms with E-state index in [0.29, 0.717) is 0 Å². The molecule has 0 amide bonds. The topological polar surface area (TPSA) is 46.1 Å². The van der Waals surface area contributed by atoms with Gasteiger partial charge in [0.15, 0.2) is 0 Å². The Kier molecular flexibility index (Phi) is 35.2. The molecule has 0 aromatic carbocycles. The van der Waals surface area contributed by atoms with Crippen LogP contribution in [-0.2, 0) is 0 Å². The van der Waals surface area contributed by atoms with Crippen molar-refractivity contribution in [1.29, 1.82) is 0 Å². The van der Waals surface area contributed by atoms with Crippen LogP contribution < -0.4 is 29.0 Å². The van der Waals surface area contributed by atoms with E-state index in [2.05, 4.69) is 0 Å². The van der Waals surface area contributed by atoms with Gasteiger partial charge in [0.2, 0.25) is 0 Å². The Morgan fingerprint density at radius 1 is 0.632 bits per heavy atom. The number of rotatable bonds is 2. The smallest absolute Gasteiger partial charge is 1.00 e. The first-order chi connectivity index (χ1) is 5.55. The van der Waals surface area contributed by atoms with Gasteiger partial charge in [-0.05, 0) is 0 Å². The Morgan fingerprint density at radius 3 is 0.895 bits per heavy atom. The van der Waals surface area contributed by atoms with Crippen molar-refractivity contribution in [2.45, 2.75) is 60.2 Å². The van der Waals surface area contributed by atoms with Gasteiger partial charge in [-0.25, -0.2) is 0 Å². The summed E-state index contributed by atoms with van der Waals surface area (Å²) in [7, 11) is 0. The van der Waals surface area contributed by atoms with E-state index < -0.39 is 12.2 Å². The van der Waals surface area contributed by atoms with Gasteiger partial charge in [0.25, 0.3) is 0 Å². The number of hydrogen-bond donors (Lipinski definition) is 0. The standard InChI is InChI=1S/C11H22O2.4FH.2Sb/c1-10(2,3)8(12)7-9(13)11(4,5)6;;;;;;/h8-9H,7H2,1-6H3;4*1H;;/q-2;;;;;2*+3/p-4. The predicted octanol–water partition coefficient (Wildman–Crippen LogP) is -11.8. The monoisotopic (exact) mass is 504 g/mol. The zero-order valence-electron chi connectivity index (χ0n) is 12.1. The number of hydrogen-bond acceptors (Lipinski definition) is 2. The summed E-state index contributed by atoms with van der Waals surface area (Å²) in [5.74, 6) is 0. The van der Waals surface area contributed by atoms with Crippen LogP contribution in [0.25, 0.3) is 0 Å². The zero-order chi connectivity index (χ0) is 10.9. The molecule has 0 heterocycles. The molecule has 0 aliphatic heterocycles. The van der Waals surface area contributed by atoms with Gasteiger partial charge in [0, 0.05) is 0 Å². The third-order valence-corrected chi connectivity index (χ3v) is 2.36. The van der Waals surface area contributed by atoms with Crippen molar-refractivity contribution >= 4 is 48.9 Å². The molecule has 0 spiro atoms. The normalized spacial score (nSPS) is 12.6. The fraction of sp³-hybridized carbons (Fsp3) is 1.00. The average molecular weight is 506 g/mol. The molecule has 8 heteroatoms. The van der Waals surface area contributed by atoms with Crippen molar-refractivity contribution in [2.75, 3.05) is 0 Å². The maximum Gasteiger partial charge on any atom is 3.00 e. The molecule has 0 aromatic heterocycles. The van der Waals surface area contributed by atoms with Crippen molar-refractivity contribution in [3.05, 3.63) is 0 Å². The van der Waals surface area contributed by atoms with E-state index in [1.54, 1.807) is 0 Å². The molecule has 19 heavy (non-hydrogen) atoms. The van der Waals surface area contributed by atoms with Gasteiger partial charge in [-0.3, -0.25) is 0 Å². The SMILES string of the molecule is CC(C)(C)C([O-])CC([O-])C(C)(C)C.[F-].[F-].[F-].[F-].[Sb+3].[Sb+3]. The Hall–Kier alpha value is 1.28. The molecular formula is C11H22F4O2Sb2. The Bertz CT molecular complexity index is 155. The van der Waals surface area contributed by atoms with E-state index >= 15 is 0 Å². The third-order valence-electron chi connectivity index (χ3n) is 2.36. The molecule has 4 radical (unpaired) electrons. The van der Waals surface area contributed by atoms with Gasteiger partial charge in [-0.1, -0.05) is 58.8 Å². The summed E-state index contributed by atoms with van der Waals surface area (Å²) in [6.45, 7) is 11.3. The molecule has 0 N–H and O–H groups in total. The largest absolute Gasteiger partial charge is 3.00 e. The Balaban J connectivity index is -0.0000000480. The molecule has 0 rings (SSSR count). The van der Waals surface area contributed by atoms with Crippen LogP contribution in [0.3, 0.4) is 0 Å². The van der Waals surface area contributed by atoms with Crippen molar-refractivity contribution in [1.82, 2.24) is 0 Å². The van der Waals surface area contributed by atoms with E-state index in [0.717, 1.165) is 0 Å². The first kappa shape index (κ1) is 42.7. The van der Waals surface area contributed by atoms with Gasteiger partial charge in [-0.15, -0.1) is 12.2 Å². The van der Waals surface area contributed by atoms with Crippen LogP contribution in [0.5, 0.6) is 0 Å². The van der Waals surface area contributed by atoms with Crippen molar-refractivity contribution in [3.8, 4) is 0 Å². The maximum atomic E-state index is 11.6. The third kappa shape index (κ3) is 19.3. The summed E-state index contributed by atoms with van der Waals surface area (Å²) in [6.07, 6.45) is -1.28. The second-order valence-corrected chi connectivity index (χ2v) is 5.95. The molecule has 2 nitrogen and oxygen atoms in total. The Morgan fingerprint density at radius 2 is 0.789 bits per heavy atom. The minimum absolute atomic E-state index is 0. The van der Waals surface area contributed by atoms with Crippen LogP contribution in [0.1, 0.15) is 48.0 Å². The van der Waals surface area contributed by atoms with Crippen LogP contribution in [0.4, 0.5) is 0 Å². The minimum Gasteiger partial charge on any atom is -1.00 e. The van der Waals surface area contributed by atoms with Gasteiger partial charge < -0.3 is 29.0 Å². The van der Waals surface area contributed by atoms with Gasteiger partial charge in [-0.2, -0.15) is 0 Å². The summed E-state index contributed by atoms with van der Waals surface area (Å²) in [5.41, 5.74) is -0.595. The summed E-state index contributed by atoms with van der Waals surface area (Å²) in [5, 5.41) is 23.2. The summed E-state index contributed by atoms with van der Waals surface area (Å²) in [4.78, 5) is 0. The van der Waals surface area contributed by atoms with Crippen LogP contribution in [-0.4, -0.2) is 61.1 Å². The molecule has 0 bridgehead atoms. The fourth-order valence-electron chi connectivity index (χ4n) is 0.902. The van der Waals surface area contributed by atoms with Gasteiger partial charge in [0.1, 0.15) is 0 Å². The number of halogens is 4. The van der Waals surface area contributed by atoms with Gasteiger partial charge in [0.05, 0.1) is 0 Å². The molecule has 0 fully saturated rings. The van der Waals surface area contributed by atoms with Gasteiger partial charge >= 0.3 is 48.9 Å². The maximum absolute atomic E-state index is 11.6. The summed E-state index contributed by atoms with van der Waals surface area (Å²) < 4.78 is 0. The van der Waals surface area contributed by atoms with Crippen molar-refractivity contribution in [2.24, 2.45) is 10.8 Å². The van der Waals surface area contributed by atoms with E-state index in [9.17, 15) is 10.2 Å². The molecule has 0 saturated carbocycles. The van der Waals surface area contributed by atoms with E-state index in [1.807, 2.05) is 41.5 Å². The molecule has 0 aromatic rings. The molecule has 2 unspecified atom stereocenters. The Labute approximate surface area is 148 Å². The van der Waals surface area contributed by atoms with E-state index in [-0.39, 0.29) is 84.9 Å². The quantitative estimate of drug-likeness (QED) is 0.277. The second kappa shape index (κ2) is 15.7. The molecular weight excluding hydrogens is 484 g/mol. The fourth-order valence-corrected chi connectivity index (χ4v) is 0.902. The summed E-state index contributed by atoms with van der Waals surface area (Å²) >= 11 is 0. The first-order valence-corrected chi connectivity index (χ1v) is 4.87. The molecule has 0 aliphatic rings. The van der Waals surface area contributed by atoms with Crippen LogP contribution in [0, 0.1) is 10.8 Å². The molecule has 0 saturated heterocycles.